The van der Waals surface area contributed by atoms with Crippen LogP contribution in [0.1, 0.15) is 29.0 Å². The first-order chi connectivity index (χ1) is 8.24. The second-order valence-corrected chi connectivity index (χ2v) is 6.37. The number of fused-ring (bicyclic) bond motifs is 1. The number of hydrogen-bond acceptors (Lipinski definition) is 3. The van der Waals surface area contributed by atoms with Crippen LogP contribution in [-0.4, -0.2) is 29.4 Å². The topological polar surface area (TPSA) is 32.3 Å². The summed E-state index contributed by atoms with van der Waals surface area (Å²) in [5.41, 5.74) is 0. The molecule has 1 N–H and O–H groups in total. The van der Waals surface area contributed by atoms with Gasteiger partial charge in [-0.05, 0) is 31.9 Å². The minimum atomic E-state index is 0.340. The van der Waals surface area contributed by atoms with Crippen molar-refractivity contribution in [3.8, 4) is 0 Å². The van der Waals surface area contributed by atoms with Gasteiger partial charge in [-0.3, -0.25) is 4.79 Å². The molecule has 2 aliphatic rings. The highest BCUT2D eigenvalue weighted by Gasteiger charge is 2.41. The van der Waals surface area contributed by atoms with Gasteiger partial charge in [0.1, 0.15) is 0 Å². The Balaban J connectivity index is 1.60. The third-order valence-corrected chi connectivity index (χ3v) is 4.81. The van der Waals surface area contributed by atoms with Crippen molar-refractivity contribution in [1.82, 2.24) is 10.2 Å². The van der Waals surface area contributed by atoms with E-state index in [0.717, 1.165) is 13.1 Å². The summed E-state index contributed by atoms with van der Waals surface area (Å²) < 4.78 is 0. The summed E-state index contributed by atoms with van der Waals surface area (Å²) in [6.07, 6.45) is 3.04. The van der Waals surface area contributed by atoms with Gasteiger partial charge in [0.25, 0.3) is 0 Å². The predicted octanol–water partition coefficient (Wildman–Crippen LogP) is 1.91. The summed E-state index contributed by atoms with van der Waals surface area (Å²) in [4.78, 5) is 16.6. The van der Waals surface area contributed by atoms with Crippen LogP contribution >= 0.6 is 11.3 Å². The molecule has 1 aromatic rings. The van der Waals surface area contributed by atoms with Crippen LogP contribution in [0.5, 0.6) is 0 Å². The number of carbonyl (C=O) groups is 1. The standard InChI is InChI=1S/C13H18N2OS/c1-9-4-5-10(17-9)8-14-11-7-13(16)15-6-2-3-12(11)15/h4-5,11-12,14H,2-3,6-8H2,1H3. The zero-order valence-corrected chi connectivity index (χ0v) is 10.9. The largest absolute Gasteiger partial charge is 0.338 e. The average molecular weight is 250 g/mol. The quantitative estimate of drug-likeness (QED) is 0.889. The molecule has 3 heterocycles. The predicted molar refractivity (Wildman–Crippen MR) is 69.0 cm³/mol. The lowest BCUT2D eigenvalue weighted by Crippen LogP contribution is -2.38. The molecule has 92 valence electrons. The summed E-state index contributed by atoms with van der Waals surface area (Å²) in [5.74, 6) is 0.340. The van der Waals surface area contributed by atoms with Crippen molar-refractivity contribution in [3.05, 3.63) is 21.9 Å². The Kier molecular flexibility index (Phi) is 2.92. The van der Waals surface area contributed by atoms with Crippen molar-refractivity contribution in [2.45, 2.75) is 44.8 Å². The molecule has 1 aromatic heterocycles. The summed E-state index contributed by atoms with van der Waals surface area (Å²) >= 11 is 1.84. The van der Waals surface area contributed by atoms with Gasteiger partial charge in [0.15, 0.2) is 0 Å². The molecular weight excluding hydrogens is 232 g/mol. The second kappa shape index (κ2) is 4.42. The van der Waals surface area contributed by atoms with Crippen molar-refractivity contribution < 1.29 is 4.79 Å². The Hall–Kier alpha value is -0.870. The van der Waals surface area contributed by atoms with Crippen LogP contribution in [-0.2, 0) is 11.3 Å². The van der Waals surface area contributed by atoms with E-state index >= 15 is 0 Å². The zero-order chi connectivity index (χ0) is 11.8. The minimum absolute atomic E-state index is 0.340. The van der Waals surface area contributed by atoms with E-state index < -0.39 is 0 Å². The van der Waals surface area contributed by atoms with Crippen molar-refractivity contribution in [2.75, 3.05) is 6.54 Å². The first-order valence-electron chi connectivity index (χ1n) is 6.32. The van der Waals surface area contributed by atoms with E-state index in [1.807, 2.05) is 11.3 Å². The van der Waals surface area contributed by atoms with Gasteiger partial charge in [0.05, 0.1) is 0 Å². The number of aryl methyl sites for hydroxylation is 1. The van der Waals surface area contributed by atoms with E-state index in [1.165, 1.54) is 22.6 Å². The molecule has 2 unspecified atom stereocenters. The molecule has 0 bridgehead atoms. The fourth-order valence-corrected chi connectivity index (χ4v) is 3.82. The van der Waals surface area contributed by atoms with E-state index in [-0.39, 0.29) is 0 Å². The molecule has 3 nitrogen and oxygen atoms in total. The molecule has 0 radical (unpaired) electrons. The number of nitrogens with zero attached hydrogens (tertiary/aromatic N) is 1. The van der Waals surface area contributed by atoms with E-state index in [0.29, 0.717) is 24.4 Å². The number of carbonyl (C=O) groups excluding carboxylic acids is 1. The van der Waals surface area contributed by atoms with E-state index in [2.05, 4.69) is 29.3 Å². The van der Waals surface area contributed by atoms with Crippen LogP contribution in [0.4, 0.5) is 0 Å². The van der Waals surface area contributed by atoms with Crippen molar-refractivity contribution in [1.29, 1.82) is 0 Å². The number of rotatable bonds is 3. The molecule has 2 atom stereocenters. The van der Waals surface area contributed by atoms with Gasteiger partial charge in [0, 0.05) is 41.3 Å². The zero-order valence-electron chi connectivity index (χ0n) is 10.1. The highest BCUT2D eigenvalue weighted by molar-refractivity contribution is 7.11. The van der Waals surface area contributed by atoms with Gasteiger partial charge in [-0.25, -0.2) is 0 Å². The van der Waals surface area contributed by atoms with E-state index in [4.69, 9.17) is 0 Å². The Morgan fingerprint density at radius 3 is 3.18 bits per heavy atom. The Morgan fingerprint density at radius 1 is 1.53 bits per heavy atom. The Bertz CT molecular complexity index is 429. The monoisotopic (exact) mass is 250 g/mol. The summed E-state index contributed by atoms with van der Waals surface area (Å²) in [6, 6.07) is 5.16. The average Bonchev–Trinajstić information content (AvgIpc) is 2.96. The minimum Gasteiger partial charge on any atom is -0.338 e. The molecular formula is C13H18N2OS. The maximum Gasteiger partial charge on any atom is 0.224 e. The molecule has 2 aliphatic heterocycles. The van der Waals surface area contributed by atoms with Crippen molar-refractivity contribution in [2.24, 2.45) is 0 Å². The highest BCUT2D eigenvalue weighted by Crippen LogP contribution is 2.29. The Labute approximate surface area is 106 Å². The number of thiophene rings is 1. The van der Waals surface area contributed by atoms with Crippen LogP contribution in [0.2, 0.25) is 0 Å². The lowest BCUT2D eigenvalue weighted by atomic mass is 10.1. The second-order valence-electron chi connectivity index (χ2n) is 5.00. The van der Waals surface area contributed by atoms with Crippen LogP contribution < -0.4 is 5.32 Å². The molecule has 0 aromatic carbocycles. The van der Waals surface area contributed by atoms with Gasteiger partial charge >= 0.3 is 0 Å². The lowest BCUT2D eigenvalue weighted by Gasteiger charge is -2.20. The van der Waals surface area contributed by atoms with Gasteiger partial charge in [-0.2, -0.15) is 0 Å². The van der Waals surface area contributed by atoms with Crippen LogP contribution in [0.3, 0.4) is 0 Å². The first-order valence-corrected chi connectivity index (χ1v) is 7.14. The van der Waals surface area contributed by atoms with Gasteiger partial charge in [-0.1, -0.05) is 0 Å². The third kappa shape index (κ3) is 2.11. The van der Waals surface area contributed by atoms with Crippen LogP contribution in [0.25, 0.3) is 0 Å². The van der Waals surface area contributed by atoms with Gasteiger partial charge < -0.3 is 10.2 Å². The van der Waals surface area contributed by atoms with Crippen LogP contribution in [0, 0.1) is 6.92 Å². The van der Waals surface area contributed by atoms with Crippen LogP contribution in [0.15, 0.2) is 12.1 Å². The highest BCUT2D eigenvalue weighted by atomic mass is 32.1. The summed E-state index contributed by atoms with van der Waals surface area (Å²) in [5, 5.41) is 3.56. The molecule has 0 spiro atoms. The number of hydrogen-bond donors (Lipinski definition) is 1. The van der Waals surface area contributed by atoms with Crippen molar-refractivity contribution in [3.63, 3.8) is 0 Å². The van der Waals surface area contributed by atoms with Crippen molar-refractivity contribution >= 4 is 17.2 Å². The maximum absolute atomic E-state index is 11.8. The van der Waals surface area contributed by atoms with Gasteiger partial charge in [0.2, 0.25) is 5.91 Å². The summed E-state index contributed by atoms with van der Waals surface area (Å²) in [6.45, 7) is 4.01. The smallest absolute Gasteiger partial charge is 0.224 e. The number of nitrogens with one attached hydrogen (secondary N) is 1. The molecule has 17 heavy (non-hydrogen) atoms. The normalized spacial score (nSPS) is 27.8. The first kappa shape index (κ1) is 11.2. The third-order valence-electron chi connectivity index (χ3n) is 3.81. The van der Waals surface area contributed by atoms with Gasteiger partial charge in [-0.15, -0.1) is 11.3 Å². The Morgan fingerprint density at radius 2 is 2.41 bits per heavy atom. The molecule has 4 heteroatoms. The SMILES string of the molecule is Cc1ccc(CNC2CC(=O)N3CCCC23)s1. The van der Waals surface area contributed by atoms with E-state index in [1.54, 1.807) is 0 Å². The fourth-order valence-electron chi connectivity index (χ4n) is 2.98. The maximum atomic E-state index is 11.8. The van der Waals surface area contributed by atoms with E-state index in [9.17, 15) is 4.79 Å². The molecule has 2 saturated heterocycles. The molecule has 0 aliphatic carbocycles. The fraction of sp³-hybridized carbons (Fsp3) is 0.615. The summed E-state index contributed by atoms with van der Waals surface area (Å²) in [7, 11) is 0. The molecule has 0 saturated carbocycles. The number of amides is 1. The molecule has 2 fully saturated rings. The molecule has 1 amide bonds. The molecule has 3 rings (SSSR count). The lowest BCUT2D eigenvalue weighted by molar-refractivity contribution is -0.127.